The highest BCUT2D eigenvalue weighted by molar-refractivity contribution is 7.09. The molecule has 0 bridgehead atoms. The minimum absolute atomic E-state index is 0.181. The van der Waals surface area contributed by atoms with Gasteiger partial charge in [0.05, 0.1) is 5.69 Å². The number of hydrogen-bond acceptors (Lipinski definition) is 3. The van der Waals surface area contributed by atoms with Crippen molar-refractivity contribution in [3.8, 4) is 0 Å². The maximum atomic E-state index is 4.68. The number of thiazole rings is 1. The Balaban J connectivity index is 1.66. The quantitative estimate of drug-likeness (QED) is 0.781. The van der Waals surface area contributed by atoms with Crippen LogP contribution in [0.2, 0.25) is 0 Å². The van der Waals surface area contributed by atoms with Gasteiger partial charge in [-0.3, -0.25) is 0 Å². The predicted octanol–water partition coefficient (Wildman–Crippen LogP) is 3.72. The van der Waals surface area contributed by atoms with Crippen LogP contribution in [0.3, 0.4) is 0 Å². The van der Waals surface area contributed by atoms with Crippen LogP contribution in [0.25, 0.3) is 0 Å². The molecule has 0 spiro atoms. The Morgan fingerprint density at radius 2 is 2.18 bits per heavy atom. The van der Waals surface area contributed by atoms with Crippen LogP contribution in [0.1, 0.15) is 57.2 Å². The minimum atomic E-state index is 0.181. The fraction of sp³-hybridized carbons (Fsp3) is 0.786. The monoisotopic (exact) mass is 252 g/mol. The summed E-state index contributed by atoms with van der Waals surface area (Å²) in [6.45, 7) is 8.73. The fourth-order valence-electron chi connectivity index (χ4n) is 1.85. The van der Waals surface area contributed by atoms with Crippen LogP contribution in [0.15, 0.2) is 5.38 Å². The van der Waals surface area contributed by atoms with E-state index in [0.29, 0.717) is 0 Å². The summed E-state index contributed by atoms with van der Waals surface area (Å²) < 4.78 is 0. The average molecular weight is 252 g/mol. The molecule has 1 saturated carbocycles. The highest BCUT2D eigenvalue weighted by atomic mass is 32.1. The van der Waals surface area contributed by atoms with E-state index in [4.69, 9.17) is 0 Å². The standard InChI is InChI=1S/C14H24N2S/c1-14(2,3)12-10-17-13(16-12)9-15-8-4-5-11-6-7-11/h10-11,15H,4-9H2,1-3H3. The van der Waals surface area contributed by atoms with Crippen molar-refractivity contribution in [1.82, 2.24) is 10.3 Å². The number of nitrogens with one attached hydrogen (secondary N) is 1. The van der Waals surface area contributed by atoms with E-state index in [0.717, 1.165) is 19.0 Å². The molecule has 2 nitrogen and oxygen atoms in total. The molecule has 0 aliphatic heterocycles. The van der Waals surface area contributed by atoms with E-state index in [1.54, 1.807) is 11.3 Å². The fourth-order valence-corrected chi connectivity index (χ4v) is 2.84. The van der Waals surface area contributed by atoms with Crippen molar-refractivity contribution >= 4 is 11.3 Å². The maximum Gasteiger partial charge on any atom is 0.107 e. The van der Waals surface area contributed by atoms with Crippen LogP contribution >= 0.6 is 11.3 Å². The summed E-state index contributed by atoms with van der Waals surface area (Å²) in [7, 11) is 0. The highest BCUT2D eigenvalue weighted by Crippen LogP contribution is 2.33. The molecule has 0 amide bonds. The summed E-state index contributed by atoms with van der Waals surface area (Å²) in [6.07, 6.45) is 5.68. The molecule has 1 aliphatic rings. The van der Waals surface area contributed by atoms with Crippen LogP contribution in [0, 0.1) is 5.92 Å². The normalized spacial score (nSPS) is 16.4. The third-order valence-electron chi connectivity index (χ3n) is 3.26. The molecule has 0 atom stereocenters. The average Bonchev–Trinajstić information content (AvgIpc) is 2.92. The molecule has 96 valence electrons. The molecule has 0 saturated heterocycles. The Morgan fingerprint density at radius 1 is 1.41 bits per heavy atom. The summed E-state index contributed by atoms with van der Waals surface area (Å²) in [5.41, 5.74) is 1.40. The van der Waals surface area contributed by atoms with Gasteiger partial charge in [0.1, 0.15) is 5.01 Å². The number of rotatable bonds is 6. The first-order chi connectivity index (χ1) is 8.05. The molecule has 0 radical (unpaired) electrons. The molecule has 1 aromatic heterocycles. The molecular formula is C14H24N2S. The van der Waals surface area contributed by atoms with Crippen LogP contribution in [-0.4, -0.2) is 11.5 Å². The number of aromatic nitrogens is 1. The van der Waals surface area contributed by atoms with E-state index in [2.05, 4.69) is 36.5 Å². The molecule has 3 heteroatoms. The summed E-state index contributed by atoms with van der Waals surface area (Å²) in [6, 6.07) is 0. The van der Waals surface area contributed by atoms with Crippen LogP contribution in [-0.2, 0) is 12.0 Å². The lowest BCUT2D eigenvalue weighted by molar-refractivity contribution is 0.564. The van der Waals surface area contributed by atoms with E-state index in [9.17, 15) is 0 Å². The van der Waals surface area contributed by atoms with Gasteiger partial charge in [0, 0.05) is 17.3 Å². The molecule has 0 unspecified atom stereocenters. The van der Waals surface area contributed by atoms with Crippen molar-refractivity contribution in [1.29, 1.82) is 0 Å². The van der Waals surface area contributed by atoms with Crippen molar-refractivity contribution in [2.45, 2.75) is 58.4 Å². The highest BCUT2D eigenvalue weighted by Gasteiger charge is 2.20. The number of nitrogens with zero attached hydrogens (tertiary/aromatic N) is 1. The van der Waals surface area contributed by atoms with Gasteiger partial charge in [-0.05, 0) is 25.3 Å². The topological polar surface area (TPSA) is 24.9 Å². The maximum absolute atomic E-state index is 4.68. The third-order valence-corrected chi connectivity index (χ3v) is 4.11. The van der Waals surface area contributed by atoms with E-state index in [-0.39, 0.29) is 5.41 Å². The molecule has 1 aliphatic carbocycles. The SMILES string of the molecule is CC(C)(C)c1csc(CNCCCC2CC2)n1. The van der Waals surface area contributed by atoms with Gasteiger partial charge in [-0.15, -0.1) is 11.3 Å². The largest absolute Gasteiger partial charge is 0.310 e. The lowest BCUT2D eigenvalue weighted by Crippen LogP contribution is -2.16. The van der Waals surface area contributed by atoms with Crippen LogP contribution in [0.5, 0.6) is 0 Å². The van der Waals surface area contributed by atoms with E-state index in [1.807, 2.05) is 0 Å². The predicted molar refractivity (Wildman–Crippen MR) is 74.5 cm³/mol. The zero-order chi connectivity index (χ0) is 12.3. The second kappa shape index (κ2) is 5.49. The van der Waals surface area contributed by atoms with Gasteiger partial charge >= 0.3 is 0 Å². The molecule has 1 N–H and O–H groups in total. The smallest absolute Gasteiger partial charge is 0.107 e. The van der Waals surface area contributed by atoms with Crippen LogP contribution < -0.4 is 5.32 Å². The zero-order valence-corrected chi connectivity index (χ0v) is 12.1. The Morgan fingerprint density at radius 3 is 2.76 bits per heavy atom. The summed E-state index contributed by atoms with van der Waals surface area (Å²) in [5.74, 6) is 1.06. The molecule has 1 aromatic rings. The zero-order valence-electron chi connectivity index (χ0n) is 11.3. The van der Waals surface area contributed by atoms with Crippen molar-refractivity contribution in [2.24, 2.45) is 5.92 Å². The molecule has 0 aromatic carbocycles. The Kier molecular flexibility index (Phi) is 4.21. The first-order valence-electron chi connectivity index (χ1n) is 6.71. The van der Waals surface area contributed by atoms with Gasteiger partial charge in [0.15, 0.2) is 0 Å². The Labute approximate surface area is 109 Å². The summed E-state index contributed by atoms with van der Waals surface area (Å²) in [4.78, 5) is 4.68. The third kappa shape index (κ3) is 4.40. The van der Waals surface area contributed by atoms with Gasteiger partial charge in [0.2, 0.25) is 0 Å². The van der Waals surface area contributed by atoms with Crippen LogP contribution in [0.4, 0.5) is 0 Å². The van der Waals surface area contributed by atoms with Gasteiger partial charge in [-0.25, -0.2) is 4.98 Å². The lowest BCUT2D eigenvalue weighted by atomic mass is 9.93. The lowest BCUT2D eigenvalue weighted by Gasteiger charge is -2.14. The molecule has 1 heterocycles. The van der Waals surface area contributed by atoms with Crippen molar-refractivity contribution in [3.05, 3.63) is 16.1 Å². The number of hydrogen-bond donors (Lipinski definition) is 1. The molecule has 17 heavy (non-hydrogen) atoms. The van der Waals surface area contributed by atoms with E-state index in [1.165, 1.54) is 36.4 Å². The molecular weight excluding hydrogens is 228 g/mol. The minimum Gasteiger partial charge on any atom is -0.310 e. The summed E-state index contributed by atoms with van der Waals surface area (Å²) >= 11 is 1.78. The van der Waals surface area contributed by atoms with E-state index < -0.39 is 0 Å². The first kappa shape index (κ1) is 13.0. The van der Waals surface area contributed by atoms with Gasteiger partial charge in [0.25, 0.3) is 0 Å². The van der Waals surface area contributed by atoms with Crippen molar-refractivity contribution in [3.63, 3.8) is 0 Å². The molecule has 1 fully saturated rings. The summed E-state index contributed by atoms with van der Waals surface area (Å²) in [5, 5.41) is 6.92. The second-order valence-electron chi connectivity index (χ2n) is 6.14. The van der Waals surface area contributed by atoms with Gasteiger partial charge < -0.3 is 5.32 Å². The molecule has 2 rings (SSSR count). The first-order valence-corrected chi connectivity index (χ1v) is 7.59. The van der Waals surface area contributed by atoms with Crippen molar-refractivity contribution < 1.29 is 0 Å². The van der Waals surface area contributed by atoms with E-state index >= 15 is 0 Å². The second-order valence-corrected chi connectivity index (χ2v) is 7.08. The van der Waals surface area contributed by atoms with Gasteiger partial charge in [-0.2, -0.15) is 0 Å². The van der Waals surface area contributed by atoms with Gasteiger partial charge in [-0.1, -0.05) is 33.6 Å². The Bertz CT molecular complexity index is 347. The van der Waals surface area contributed by atoms with Crippen molar-refractivity contribution in [2.75, 3.05) is 6.54 Å². The Hall–Kier alpha value is -0.410.